The van der Waals surface area contributed by atoms with Crippen LogP contribution in [0, 0.1) is 0 Å². The lowest BCUT2D eigenvalue weighted by atomic mass is 10.1. The number of sulfonamides is 1. The van der Waals surface area contributed by atoms with Gasteiger partial charge in [0.2, 0.25) is 15.9 Å². The van der Waals surface area contributed by atoms with Gasteiger partial charge in [-0.2, -0.15) is 0 Å². The van der Waals surface area contributed by atoms with Crippen molar-refractivity contribution in [3.63, 3.8) is 0 Å². The van der Waals surface area contributed by atoms with Gasteiger partial charge < -0.3 is 5.32 Å². The van der Waals surface area contributed by atoms with Crippen molar-refractivity contribution in [2.45, 2.75) is 32.2 Å². The van der Waals surface area contributed by atoms with Crippen LogP contribution in [0.25, 0.3) is 0 Å². The standard InChI is InChI=1S/C20H25ClN2O3S/c1-3-19(23(27(2,25)26)17-12-5-4-6-13-17)20(24)22-15-9-11-16-10-7-8-14-18(16)21/h4-8,10,12-14,19H,3,9,11,15H2,1-2H3,(H,22,24)/t19-/m1/s1. The van der Waals surface area contributed by atoms with Gasteiger partial charge in [-0.25, -0.2) is 8.42 Å². The van der Waals surface area contributed by atoms with E-state index in [1.807, 2.05) is 24.3 Å². The van der Waals surface area contributed by atoms with Gasteiger partial charge in [-0.05, 0) is 43.0 Å². The summed E-state index contributed by atoms with van der Waals surface area (Å²) in [6.07, 6.45) is 2.95. The van der Waals surface area contributed by atoms with Crippen molar-refractivity contribution >= 4 is 33.2 Å². The monoisotopic (exact) mass is 408 g/mol. The molecule has 0 saturated heterocycles. The number of nitrogens with one attached hydrogen (secondary N) is 1. The van der Waals surface area contributed by atoms with E-state index in [1.54, 1.807) is 37.3 Å². The van der Waals surface area contributed by atoms with Crippen molar-refractivity contribution in [2.24, 2.45) is 0 Å². The van der Waals surface area contributed by atoms with Crippen LogP contribution in [0.3, 0.4) is 0 Å². The Kier molecular flexibility index (Phi) is 7.68. The Balaban J connectivity index is 2.02. The quantitative estimate of drug-likeness (QED) is 0.644. The lowest BCUT2D eigenvalue weighted by Gasteiger charge is -2.30. The molecule has 27 heavy (non-hydrogen) atoms. The maximum Gasteiger partial charge on any atom is 0.243 e. The normalized spacial score (nSPS) is 12.4. The molecule has 0 bridgehead atoms. The molecular weight excluding hydrogens is 384 g/mol. The summed E-state index contributed by atoms with van der Waals surface area (Å²) in [6, 6.07) is 15.5. The maximum atomic E-state index is 12.7. The maximum absolute atomic E-state index is 12.7. The van der Waals surface area contributed by atoms with Crippen LogP contribution >= 0.6 is 11.6 Å². The van der Waals surface area contributed by atoms with E-state index >= 15 is 0 Å². The van der Waals surface area contributed by atoms with Crippen molar-refractivity contribution in [2.75, 3.05) is 17.1 Å². The van der Waals surface area contributed by atoms with Crippen LogP contribution < -0.4 is 9.62 Å². The highest BCUT2D eigenvalue weighted by Crippen LogP contribution is 2.22. The van der Waals surface area contributed by atoms with Crippen molar-refractivity contribution in [1.29, 1.82) is 0 Å². The minimum atomic E-state index is -3.60. The van der Waals surface area contributed by atoms with Gasteiger partial charge in [0.15, 0.2) is 0 Å². The van der Waals surface area contributed by atoms with Crippen molar-refractivity contribution < 1.29 is 13.2 Å². The highest BCUT2D eigenvalue weighted by Gasteiger charge is 2.31. The fraction of sp³-hybridized carbons (Fsp3) is 0.350. The SMILES string of the molecule is CC[C@H](C(=O)NCCCc1ccccc1Cl)N(c1ccccc1)S(C)(=O)=O. The number of amides is 1. The zero-order chi connectivity index (χ0) is 19.9. The molecule has 7 heteroatoms. The second-order valence-corrected chi connectivity index (χ2v) is 8.57. The molecule has 0 aliphatic carbocycles. The second-order valence-electron chi connectivity index (χ2n) is 6.30. The van der Waals surface area contributed by atoms with Gasteiger partial charge in [0.1, 0.15) is 6.04 Å². The molecule has 0 unspecified atom stereocenters. The summed E-state index contributed by atoms with van der Waals surface area (Å²) in [7, 11) is -3.60. The van der Waals surface area contributed by atoms with E-state index in [-0.39, 0.29) is 5.91 Å². The van der Waals surface area contributed by atoms with E-state index in [4.69, 9.17) is 11.6 Å². The molecule has 1 amide bonds. The lowest BCUT2D eigenvalue weighted by molar-refractivity contribution is -0.122. The molecule has 1 N–H and O–H groups in total. The van der Waals surface area contributed by atoms with Crippen LogP contribution in [0.5, 0.6) is 0 Å². The summed E-state index contributed by atoms with van der Waals surface area (Å²) in [5.41, 5.74) is 1.51. The predicted octanol–water partition coefficient (Wildman–Crippen LogP) is 3.63. The van der Waals surface area contributed by atoms with E-state index in [9.17, 15) is 13.2 Å². The molecule has 5 nitrogen and oxygen atoms in total. The Morgan fingerprint density at radius 2 is 1.74 bits per heavy atom. The predicted molar refractivity (Wildman–Crippen MR) is 111 cm³/mol. The zero-order valence-electron chi connectivity index (χ0n) is 15.6. The summed E-state index contributed by atoms with van der Waals surface area (Å²) in [4.78, 5) is 12.7. The Labute approximate surface area is 166 Å². The smallest absolute Gasteiger partial charge is 0.243 e. The van der Waals surface area contributed by atoms with Crippen LogP contribution in [0.15, 0.2) is 54.6 Å². The number of anilines is 1. The second kappa shape index (κ2) is 9.76. The first-order chi connectivity index (χ1) is 12.8. The van der Waals surface area contributed by atoms with Crippen LogP contribution in [-0.4, -0.2) is 33.2 Å². The number of benzene rings is 2. The largest absolute Gasteiger partial charge is 0.354 e. The molecule has 0 fully saturated rings. The van der Waals surface area contributed by atoms with E-state index in [0.29, 0.717) is 23.7 Å². The first-order valence-corrected chi connectivity index (χ1v) is 11.1. The third-order valence-electron chi connectivity index (χ3n) is 4.22. The highest BCUT2D eigenvalue weighted by molar-refractivity contribution is 7.92. The number of hydrogen-bond donors (Lipinski definition) is 1. The van der Waals surface area contributed by atoms with Gasteiger partial charge in [0, 0.05) is 11.6 Å². The highest BCUT2D eigenvalue weighted by atomic mass is 35.5. The number of halogens is 1. The van der Waals surface area contributed by atoms with Gasteiger partial charge >= 0.3 is 0 Å². The van der Waals surface area contributed by atoms with E-state index in [1.165, 1.54) is 4.31 Å². The molecule has 0 saturated carbocycles. The van der Waals surface area contributed by atoms with Gasteiger partial charge in [-0.1, -0.05) is 54.9 Å². The number of aryl methyl sites for hydroxylation is 1. The van der Waals surface area contributed by atoms with Crippen molar-refractivity contribution in [3.05, 3.63) is 65.2 Å². The topological polar surface area (TPSA) is 66.5 Å². The summed E-state index contributed by atoms with van der Waals surface area (Å²) < 4.78 is 25.8. The molecule has 146 valence electrons. The van der Waals surface area contributed by atoms with E-state index < -0.39 is 16.1 Å². The molecule has 2 aromatic rings. The van der Waals surface area contributed by atoms with E-state index in [2.05, 4.69) is 5.32 Å². The Bertz CT molecular complexity index is 857. The molecule has 0 aliphatic rings. The minimum absolute atomic E-state index is 0.300. The Hall–Kier alpha value is -2.05. The fourth-order valence-corrected chi connectivity index (χ4v) is 4.39. The van der Waals surface area contributed by atoms with Crippen molar-refractivity contribution in [1.82, 2.24) is 5.32 Å². The molecule has 2 rings (SSSR count). The molecule has 0 aliphatic heterocycles. The third kappa shape index (κ3) is 5.97. The lowest BCUT2D eigenvalue weighted by Crippen LogP contribution is -2.49. The van der Waals surface area contributed by atoms with Crippen LogP contribution in [0.2, 0.25) is 5.02 Å². The summed E-state index contributed by atoms with van der Waals surface area (Å²) in [5.74, 6) is -0.300. The molecule has 1 atom stereocenters. The van der Waals surface area contributed by atoms with Crippen LogP contribution in [0.1, 0.15) is 25.3 Å². The first kappa shape index (κ1) is 21.3. The Morgan fingerprint density at radius 3 is 2.33 bits per heavy atom. The molecule has 0 aromatic heterocycles. The average molecular weight is 409 g/mol. The molecule has 0 heterocycles. The number of hydrogen-bond acceptors (Lipinski definition) is 3. The number of rotatable bonds is 9. The molecule has 2 aromatic carbocycles. The van der Waals surface area contributed by atoms with Gasteiger partial charge in [0.25, 0.3) is 0 Å². The van der Waals surface area contributed by atoms with Gasteiger partial charge in [-0.3, -0.25) is 9.10 Å². The van der Waals surface area contributed by atoms with Crippen molar-refractivity contribution in [3.8, 4) is 0 Å². The van der Waals surface area contributed by atoms with Gasteiger partial charge in [0.05, 0.1) is 11.9 Å². The van der Waals surface area contributed by atoms with E-state index in [0.717, 1.165) is 24.7 Å². The van der Waals surface area contributed by atoms with Crippen LogP contribution in [0.4, 0.5) is 5.69 Å². The molecule has 0 spiro atoms. The first-order valence-electron chi connectivity index (χ1n) is 8.90. The third-order valence-corrected chi connectivity index (χ3v) is 5.77. The van der Waals surface area contributed by atoms with Crippen LogP contribution in [-0.2, 0) is 21.2 Å². The summed E-state index contributed by atoms with van der Waals surface area (Å²) >= 11 is 6.14. The molecular formula is C20H25ClN2O3S. The zero-order valence-corrected chi connectivity index (χ0v) is 17.1. The number of para-hydroxylation sites is 1. The number of carbonyl (C=O) groups excluding carboxylic acids is 1. The number of nitrogens with zero attached hydrogens (tertiary/aromatic N) is 1. The summed E-state index contributed by atoms with van der Waals surface area (Å²) in [5, 5.41) is 3.57. The molecule has 0 radical (unpaired) electrons. The Morgan fingerprint density at radius 1 is 1.11 bits per heavy atom. The van der Waals surface area contributed by atoms with Gasteiger partial charge in [-0.15, -0.1) is 0 Å². The summed E-state index contributed by atoms with van der Waals surface area (Å²) in [6.45, 7) is 2.25. The minimum Gasteiger partial charge on any atom is -0.354 e. The average Bonchev–Trinajstić information content (AvgIpc) is 2.64. The number of carbonyl (C=O) groups is 1. The fourth-order valence-electron chi connectivity index (χ4n) is 2.94.